The topological polar surface area (TPSA) is 83.7 Å². The molecule has 0 amide bonds. The van der Waals surface area contributed by atoms with Gasteiger partial charge in [-0.05, 0) is 55.0 Å². The minimum atomic E-state index is -3.58. The summed E-state index contributed by atoms with van der Waals surface area (Å²) in [6.07, 6.45) is 3.93. The van der Waals surface area contributed by atoms with Crippen LogP contribution in [0.25, 0.3) is 10.9 Å². The van der Waals surface area contributed by atoms with Gasteiger partial charge in [-0.1, -0.05) is 31.2 Å². The number of rotatable bonds is 9. The Hall–Kier alpha value is -2.55. The molecule has 7 nitrogen and oxygen atoms in total. The van der Waals surface area contributed by atoms with E-state index in [1.54, 1.807) is 11.4 Å². The number of aromatic amines is 1. The zero-order valence-corrected chi connectivity index (χ0v) is 20.3. The summed E-state index contributed by atoms with van der Waals surface area (Å²) in [5.74, 6) is 1.47. The third kappa shape index (κ3) is 5.18. The number of benzene rings is 2. The average molecular weight is 472 g/mol. The first-order valence-electron chi connectivity index (χ1n) is 11.5. The molecular formula is C25H33N3O4S. The van der Waals surface area contributed by atoms with Crippen molar-refractivity contribution in [3.8, 4) is 11.5 Å². The molecule has 1 saturated heterocycles. The van der Waals surface area contributed by atoms with Gasteiger partial charge >= 0.3 is 0 Å². The van der Waals surface area contributed by atoms with E-state index >= 15 is 0 Å². The van der Waals surface area contributed by atoms with Gasteiger partial charge in [0.1, 0.15) is 0 Å². The largest absolute Gasteiger partial charge is 0.493 e. The van der Waals surface area contributed by atoms with E-state index in [2.05, 4.69) is 22.7 Å². The lowest BCUT2D eigenvalue weighted by Crippen LogP contribution is -2.46. The number of fused-ring (bicyclic) bond motifs is 1. The SMILES string of the molecule is CCOc1ccc([C@@H](CNS(=O)(=O)N2CCC[C@@H](C)C2)c2c[nH]c3ccccc23)cc1OC. The summed E-state index contributed by atoms with van der Waals surface area (Å²) in [5.41, 5.74) is 3.00. The zero-order valence-electron chi connectivity index (χ0n) is 19.5. The van der Waals surface area contributed by atoms with Crippen molar-refractivity contribution in [1.82, 2.24) is 14.0 Å². The maximum Gasteiger partial charge on any atom is 0.279 e. The number of H-pyrrole nitrogens is 1. The highest BCUT2D eigenvalue weighted by atomic mass is 32.2. The summed E-state index contributed by atoms with van der Waals surface area (Å²) in [5, 5.41) is 1.07. The quantitative estimate of drug-likeness (QED) is 0.488. The molecule has 0 spiro atoms. The van der Waals surface area contributed by atoms with Gasteiger partial charge in [-0.2, -0.15) is 12.7 Å². The highest BCUT2D eigenvalue weighted by Crippen LogP contribution is 2.36. The van der Waals surface area contributed by atoms with Crippen molar-refractivity contribution in [3.63, 3.8) is 0 Å². The molecule has 3 aromatic rings. The summed E-state index contributed by atoms with van der Waals surface area (Å²) in [6.45, 7) is 5.93. The highest BCUT2D eigenvalue weighted by Gasteiger charge is 2.29. The number of nitrogens with one attached hydrogen (secondary N) is 2. The molecule has 178 valence electrons. The van der Waals surface area contributed by atoms with Crippen LogP contribution in [0, 0.1) is 5.92 Å². The van der Waals surface area contributed by atoms with Crippen LogP contribution < -0.4 is 14.2 Å². The lowest BCUT2D eigenvalue weighted by molar-refractivity contribution is 0.278. The molecule has 8 heteroatoms. The van der Waals surface area contributed by atoms with Crippen molar-refractivity contribution in [1.29, 1.82) is 0 Å². The smallest absolute Gasteiger partial charge is 0.279 e. The third-order valence-corrected chi connectivity index (χ3v) is 7.86. The van der Waals surface area contributed by atoms with Crippen LogP contribution in [0.15, 0.2) is 48.7 Å². The first-order chi connectivity index (χ1) is 15.9. The Morgan fingerprint density at radius 3 is 2.79 bits per heavy atom. The Labute approximate surface area is 196 Å². The van der Waals surface area contributed by atoms with Crippen LogP contribution in [-0.4, -0.2) is 51.1 Å². The van der Waals surface area contributed by atoms with Gasteiger partial charge in [0.15, 0.2) is 11.5 Å². The van der Waals surface area contributed by atoms with Crippen molar-refractivity contribution < 1.29 is 17.9 Å². The maximum atomic E-state index is 13.1. The fraction of sp³-hybridized carbons (Fsp3) is 0.440. The standard InChI is InChI=1S/C25H33N3O4S/c1-4-32-24-12-11-19(14-25(24)31-3)21(22-15-26-23-10-6-5-9-20(22)23)16-27-33(29,30)28-13-7-8-18(2)17-28/h5-6,9-12,14-15,18,21,26-27H,4,7-8,13,16-17H2,1-3H3/t18-,21-/m1/s1. The minimum Gasteiger partial charge on any atom is -0.493 e. The van der Waals surface area contributed by atoms with Gasteiger partial charge in [-0.3, -0.25) is 0 Å². The number of para-hydroxylation sites is 1. The Morgan fingerprint density at radius 1 is 1.21 bits per heavy atom. The first-order valence-corrected chi connectivity index (χ1v) is 13.0. The van der Waals surface area contributed by atoms with Crippen LogP contribution >= 0.6 is 0 Å². The van der Waals surface area contributed by atoms with E-state index in [1.165, 1.54) is 0 Å². The van der Waals surface area contributed by atoms with Crippen molar-refractivity contribution in [3.05, 3.63) is 59.8 Å². The van der Waals surface area contributed by atoms with E-state index in [1.807, 2.05) is 49.5 Å². The van der Waals surface area contributed by atoms with Gasteiger partial charge in [0.25, 0.3) is 10.2 Å². The molecule has 2 atom stereocenters. The van der Waals surface area contributed by atoms with E-state index in [-0.39, 0.29) is 12.5 Å². The molecule has 1 aliphatic rings. The predicted molar refractivity (Wildman–Crippen MR) is 131 cm³/mol. The second-order valence-electron chi connectivity index (χ2n) is 8.64. The molecule has 0 radical (unpaired) electrons. The fourth-order valence-corrected chi connectivity index (χ4v) is 5.99. The molecule has 0 bridgehead atoms. The molecule has 0 saturated carbocycles. The van der Waals surface area contributed by atoms with Gasteiger partial charge in [-0.25, -0.2) is 4.72 Å². The van der Waals surface area contributed by atoms with Crippen molar-refractivity contribution in [2.75, 3.05) is 33.4 Å². The molecule has 33 heavy (non-hydrogen) atoms. The van der Waals surface area contributed by atoms with Crippen molar-refractivity contribution in [2.45, 2.75) is 32.6 Å². The Kier molecular flexibility index (Phi) is 7.26. The van der Waals surface area contributed by atoms with E-state index < -0.39 is 10.2 Å². The van der Waals surface area contributed by atoms with Crippen LogP contribution in [0.2, 0.25) is 0 Å². The van der Waals surface area contributed by atoms with Crippen LogP contribution in [0.3, 0.4) is 0 Å². The molecule has 0 aliphatic carbocycles. The number of ether oxygens (including phenoxy) is 2. The Balaban J connectivity index is 1.68. The van der Waals surface area contributed by atoms with Crippen molar-refractivity contribution >= 4 is 21.1 Å². The molecule has 1 fully saturated rings. The molecule has 2 N–H and O–H groups in total. The van der Waals surface area contributed by atoms with Crippen LogP contribution in [0.1, 0.15) is 43.7 Å². The number of methoxy groups -OCH3 is 1. The summed E-state index contributed by atoms with van der Waals surface area (Å²) in [4.78, 5) is 3.32. The van der Waals surface area contributed by atoms with Crippen LogP contribution in [0.5, 0.6) is 11.5 Å². The van der Waals surface area contributed by atoms with Crippen LogP contribution in [0.4, 0.5) is 0 Å². The van der Waals surface area contributed by atoms with Gasteiger partial charge in [-0.15, -0.1) is 0 Å². The van der Waals surface area contributed by atoms with E-state index in [4.69, 9.17) is 9.47 Å². The third-order valence-electron chi connectivity index (χ3n) is 6.32. The second kappa shape index (κ2) is 10.2. The fourth-order valence-electron chi connectivity index (χ4n) is 4.61. The highest BCUT2D eigenvalue weighted by molar-refractivity contribution is 7.87. The summed E-state index contributed by atoms with van der Waals surface area (Å²) < 4.78 is 42.0. The first kappa shape index (κ1) is 23.6. The number of aromatic nitrogens is 1. The molecular weight excluding hydrogens is 438 g/mol. The molecule has 0 unspecified atom stereocenters. The summed E-state index contributed by atoms with van der Waals surface area (Å²) >= 11 is 0. The molecule has 1 aromatic heterocycles. The number of piperidine rings is 1. The van der Waals surface area contributed by atoms with Gasteiger partial charge < -0.3 is 14.5 Å². The Morgan fingerprint density at radius 2 is 2.03 bits per heavy atom. The summed E-state index contributed by atoms with van der Waals surface area (Å²) in [6, 6.07) is 13.9. The monoisotopic (exact) mass is 471 g/mol. The Bertz CT molecular complexity index is 1190. The van der Waals surface area contributed by atoms with Gasteiger partial charge in [0.05, 0.1) is 13.7 Å². The lowest BCUT2D eigenvalue weighted by atomic mass is 9.91. The lowest BCUT2D eigenvalue weighted by Gasteiger charge is -2.30. The predicted octanol–water partition coefficient (Wildman–Crippen LogP) is 4.27. The van der Waals surface area contributed by atoms with E-state index in [9.17, 15) is 8.42 Å². The average Bonchev–Trinajstić information content (AvgIpc) is 3.24. The van der Waals surface area contributed by atoms with E-state index in [0.29, 0.717) is 37.1 Å². The molecule has 2 aromatic carbocycles. The van der Waals surface area contributed by atoms with E-state index in [0.717, 1.165) is 34.9 Å². The molecule has 1 aliphatic heterocycles. The summed E-state index contributed by atoms with van der Waals surface area (Å²) in [7, 11) is -1.97. The van der Waals surface area contributed by atoms with Crippen molar-refractivity contribution in [2.24, 2.45) is 5.92 Å². The molecule has 2 heterocycles. The van der Waals surface area contributed by atoms with Gasteiger partial charge in [0, 0.05) is 42.7 Å². The second-order valence-corrected chi connectivity index (χ2v) is 10.4. The minimum absolute atomic E-state index is 0.206. The normalized spacial score (nSPS) is 18.3. The number of hydrogen-bond donors (Lipinski definition) is 2. The number of hydrogen-bond acceptors (Lipinski definition) is 4. The molecule has 4 rings (SSSR count). The maximum absolute atomic E-state index is 13.1. The number of nitrogens with zero attached hydrogens (tertiary/aromatic N) is 1. The van der Waals surface area contributed by atoms with Gasteiger partial charge in [0.2, 0.25) is 0 Å². The zero-order chi connectivity index (χ0) is 23.4. The van der Waals surface area contributed by atoms with Crippen LogP contribution in [-0.2, 0) is 10.2 Å².